The monoisotopic (exact) mass is 403 g/mol. The Balaban J connectivity index is 2.06. The first-order chi connectivity index (χ1) is 14.5. The lowest BCUT2D eigenvalue weighted by molar-refractivity contribution is 0.141. The highest BCUT2D eigenvalue weighted by molar-refractivity contribution is 6.11. The van der Waals surface area contributed by atoms with Crippen LogP contribution in [0.1, 0.15) is 18.1 Å². The Hall–Kier alpha value is -3.25. The van der Waals surface area contributed by atoms with Crippen LogP contribution in [0.5, 0.6) is 0 Å². The van der Waals surface area contributed by atoms with E-state index in [1.807, 2.05) is 62.6 Å². The Kier molecular flexibility index (Phi) is 6.79. The molecule has 0 spiro atoms. The van der Waals surface area contributed by atoms with Gasteiger partial charge in [-0.3, -0.25) is 4.99 Å². The van der Waals surface area contributed by atoms with Gasteiger partial charge < -0.3 is 14.9 Å². The van der Waals surface area contributed by atoms with E-state index >= 15 is 0 Å². The second-order valence-electron chi connectivity index (χ2n) is 7.45. The number of aliphatic hydroxyl groups excluding tert-OH is 1. The van der Waals surface area contributed by atoms with Gasteiger partial charge in [0.25, 0.3) is 0 Å². The van der Waals surface area contributed by atoms with Crippen molar-refractivity contribution in [2.75, 3.05) is 39.1 Å². The number of allylic oxidation sites excluding steroid dienone is 4. The summed E-state index contributed by atoms with van der Waals surface area (Å²) in [5.41, 5.74) is 4.88. The van der Waals surface area contributed by atoms with Crippen LogP contribution in [0.4, 0.5) is 5.82 Å². The average Bonchev–Trinajstić information content (AvgIpc) is 2.73. The molecule has 1 aromatic heterocycles. The molecule has 2 heterocycles. The molecule has 3 rings (SSSR count). The molecule has 156 valence electrons. The molecule has 1 aliphatic rings. The zero-order valence-electron chi connectivity index (χ0n) is 18.1. The number of benzene rings is 1. The molecular formula is C24H29N5O. The van der Waals surface area contributed by atoms with Crippen LogP contribution in [0.2, 0.25) is 0 Å². The van der Waals surface area contributed by atoms with Crippen molar-refractivity contribution < 1.29 is 5.11 Å². The Bertz CT molecular complexity index is 1000. The topological polar surface area (TPSA) is 64.9 Å². The molecule has 2 aromatic rings. The lowest BCUT2D eigenvalue weighted by Gasteiger charge is -2.38. The Morgan fingerprint density at radius 3 is 2.67 bits per heavy atom. The molecule has 0 saturated carbocycles. The van der Waals surface area contributed by atoms with E-state index in [-0.39, 0.29) is 6.10 Å². The van der Waals surface area contributed by atoms with Crippen LogP contribution < -0.4 is 4.90 Å². The van der Waals surface area contributed by atoms with E-state index < -0.39 is 0 Å². The molecule has 1 aromatic carbocycles. The summed E-state index contributed by atoms with van der Waals surface area (Å²) in [6.07, 6.45) is 9.20. The zero-order chi connectivity index (χ0) is 21.7. The van der Waals surface area contributed by atoms with Gasteiger partial charge in [0.05, 0.1) is 6.10 Å². The quantitative estimate of drug-likeness (QED) is 0.566. The summed E-state index contributed by atoms with van der Waals surface area (Å²) in [5.74, 6) is 1.46. The van der Waals surface area contributed by atoms with Gasteiger partial charge in [-0.2, -0.15) is 0 Å². The molecule has 0 radical (unpaired) electrons. The van der Waals surface area contributed by atoms with Gasteiger partial charge in [0.1, 0.15) is 5.82 Å². The summed E-state index contributed by atoms with van der Waals surface area (Å²) in [6.45, 7) is 7.04. The van der Waals surface area contributed by atoms with Crippen molar-refractivity contribution in [1.82, 2.24) is 14.9 Å². The van der Waals surface area contributed by atoms with Crippen molar-refractivity contribution in [3.63, 3.8) is 0 Å². The Labute approximate surface area is 178 Å². The van der Waals surface area contributed by atoms with Gasteiger partial charge >= 0.3 is 0 Å². The third-order valence-corrected chi connectivity index (χ3v) is 4.89. The summed E-state index contributed by atoms with van der Waals surface area (Å²) < 4.78 is 0. The van der Waals surface area contributed by atoms with Crippen molar-refractivity contribution in [3.8, 4) is 11.4 Å². The van der Waals surface area contributed by atoms with Crippen molar-refractivity contribution in [3.05, 3.63) is 66.5 Å². The highest BCUT2D eigenvalue weighted by Crippen LogP contribution is 2.30. The molecule has 0 unspecified atom stereocenters. The van der Waals surface area contributed by atoms with Crippen molar-refractivity contribution in [1.29, 1.82) is 0 Å². The minimum absolute atomic E-state index is 0.320. The van der Waals surface area contributed by atoms with Gasteiger partial charge in [0.15, 0.2) is 5.82 Å². The standard InChI is InChI=1S/C24H29N5O/c1-6-17(12-25-3)22-13-26-23(27-24(22)29-15-21(30)16-29)20-10-8-9-19(11-20)18(7-2)14-28(4)5/h6-14,21,30H,2,15-16H2,1,3-5H3/b17-6+,18-14+,25-12-. The number of aromatic nitrogens is 2. The summed E-state index contributed by atoms with van der Waals surface area (Å²) in [4.78, 5) is 17.8. The maximum absolute atomic E-state index is 9.81. The maximum atomic E-state index is 9.81. The van der Waals surface area contributed by atoms with E-state index in [2.05, 4.69) is 33.6 Å². The number of rotatable bonds is 7. The van der Waals surface area contributed by atoms with E-state index in [0.29, 0.717) is 18.9 Å². The third-order valence-electron chi connectivity index (χ3n) is 4.89. The van der Waals surface area contributed by atoms with E-state index in [1.165, 1.54) is 0 Å². The summed E-state index contributed by atoms with van der Waals surface area (Å²) >= 11 is 0. The van der Waals surface area contributed by atoms with Crippen LogP contribution in [0.3, 0.4) is 0 Å². The molecular weight excluding hydrogens is 374 g/mol. The highest BCUT2D eigenvalue weighted by Gasteiger charge is 2.28. The fourth-order valence-corrected chi connectivity index (χ4v) is 3.38. The first-order valence-electron chi connectivity index (χ1n) is 9.97. The third kappa shape index (κ3) is 4.66. The number of hydrogen-bond donors (Lipinski definition) is 1. The van der Waals surface area contributed by atoms with E-state index in [4.69, 9.17) is 4.98 Å². The maximum Gasteiger partial charge on any atom is 0.161 e. The fraction of sp³-hybridized carbons (Fsp3) is 0.292. The molecule has 1 fully saturated rings. The number of nitrogens with zero attached hydrogens (tertiary/aromatic N) is 5. The predicted molar refractivity (Wildman–Crippen MR) is 126 cm³/mol. The van der Waals surface area contributed by atoms with E-state index in [1.54, 1.807) is 13.3 Å². The van der Waals surface area contributed by atoms with Crippen LogP contribution in [-0.2, 0) is 0 Å². The lowest BCUT2D eigenvalue weighted by atomic mass is 10.0. The van der Waals surface area contributed by atoms with Crippen LogP contribution in [-0.4, -0.2) is 66.5 Å². The highest BCUT2D eigenvalue weighted by atomic mass is 16.3. The molecule has 0 amide bonds. The number of β-amino-alcohol motifs (C(OH)–C–C–N with tert-alkyl or cyclic N) is 1. The number of hydrogen-bond acceptors (Lipinski definition) is 6. The van der Waals surface area contributed by atoms with Gasteiger partial charge in [-0.25, -0.2) is 9.97 Å². The Morgan fingerprint density at radius 1 is 1.30 bits per heavy atom. The minimum Gasteiger partial charge on any atom is -0.389 e. The minimum atomic E-state index is -0.320. The molecule has 6 nitrogen and oxygen atoms in total. The second kappa shape index (κ2) is 9.50. The molecule has 1 N–H and O–H groups in total. The van der Waals surface area contributed by atoms with Gasteiger partial charge in [-0.1, -0.05) is 36.9 Å². The molecule has 1 saturated heterocycles. The first-order valence-corrected chi connectivity index (χ1v) is 9.97. The molecule has 1 aliphatic heterocycles. The van der Waals surface area contributed by atoms with Crippen LogP contribution in [0.25, 0.3) is 22.5 Å². The van der Waals surface area contributed by atoms with Crippen LogP contribution in [0, 0.1) is 0 Å². The first kappa shape index (κ1) is 21.5. The van der Waals surface area contributed by atoms with Gasteiger partial charge in [-0.05, 0) is 24.1 Å². The average molecular weight is 404 g/mol. The van der Waals surface area contributed by atoms with Crippen molar-refractivity contribution in [2.24, 2.45) is 4.99 Å². The second-order valence-corrected chi connectivity index (χ2v) is 7.45. The van der Waals surface area contributed by atoms with E-state index in [0.717, 1.165) is 33.7 Å². The van der Waals surface area contributed by atoms with Gasteiger partial charge in [0.2, 0.25) is 0 Å². The predicted octanol–water partition coefficient (Wildman–Crippen LogP) is 3.52. The van der Waals surface area contributed by atoms with Gasteiger partial charge in [-0.15, -0.1) is 0 Å². The molecule has 0 aliphatic carbocycles. The van der Waals surface area contributed by atoms with E-state index in [9.17, 15) is 5.11 Å². The van der Waals surface area contributed by atoms with Crippen LogP contribution >= 0.6 is 0 Å². The van der Waals surface area contributed by atoms with Gasteiger partial charge in [0, 0.05) is 69.5 Å². The summed E-state index contributed by atoms with van der Waals surface area (Å²) in [7, 11) is 5.72. The molecule has 6 heteroatoms. The SMILES string of the molecule is C=C/C(=C\N(C)C)c1cccc(-c2ncc(C(/C=N\C)=C/C)c(N3CC(O)C3)n2)c1. The Morgan fingerprint density at radius 2 is 2.07 bits per heavy atom. The number of aliphatic imine (C=N–C) groups is 1. The largest absolute Gasteiger partial charge is 0.389 e. The number of anilines is 1. The fourth-order valence-electron chi connectivity index (χ4n) is 3.38. The smallest absolute Gasteiger partial charge is 0.161 e. The molecule has 0 bridgehead atoms. The number of aliphatic hydroxyl groups is 1. The van der Waals surface area contributed by atoms with Crippen molar-refractivity contribution in [2.45, 2.75) is 13.0 Å². The zero-order valence-corrected chi connectivity index (χ0v) is 18.1. The van der Waals surface area contributed by atoms with Crippen molar-refractivity contribution >= 4 is 23.2 Å². The lowest BCUT2D eigenvalue weighted by Crippen LogP contribution is -2.51. The molecule has 30 heavy (non-hydrogen) atoms. The summed E-state index contributed by atoms with van der Waals surface area (Å²) in [6, 6.07) is 8.14. The molecule has 0 atom stereocenters. The summed E-state index contributed by atoms with van der Waals surface area (Å²) in [5, 5.41) is 9.81. The van der Waals surface area contributed by atoms with Crippen LogP contribution in [0.15, 0.2) is 60.4 Å². The normalized spacial score (nSPS) is 15.4.